The average molecular weight is 257 g/mol. The molecule has 5 nitrogen and oxygen atoms in total. The monoisotopic (exact) mass is 256 g/mol. The molecule has 1 saturated carbocycles. The molecule has 6 heteroatoms. The van der Waals surface area contributed by atoms with E-state index in [0.717, 1.165) is 18.7 Å². The number of rotatable bonds is 4. The van der Waals surface area contributed by atoms with Gasteiger partial charge in [-0.15, -0.1) is 0 Å². The maximum atomic E-state index is 5.86. The molecule has 1 fully saturated rings. The minimum atomic E-state index is 0.288. The second-order valence-electron chi connectivity index (χ2n) is 4.33. The maximum absolute atomic E-state index is 5.86. The van der Waals surface area contributed by atoms with Crippen LogP contribution in [0.3, 0.4) is 0 Å². The standard InChI is InChI=1S/C11H17ClN4O/c1-16-9(12)6-14-10(16)7-17-15-11(13)8-4-2-3-5-8/h6,8H,2-5,7H2,1H3,(H2,13,15). The van der Waals surface area contributed by atoms with E-state index in [9.17, 15) is 0 Å². The van der Waals surface area contributed by atoms with Gasteiger partial charge in [0.25, 0.3) is 0 Å². The van der Waals surface area contributed by atoms with Crippen LogP contribution in [0.1, 0.15) is 31.5 Å². The Labute approximate surface area is 106 Å². The van der Waals surface area contributed by atoms with Crippen molar-refractivity contribution in [2.24, 2.45) is 23.9 Å². The number of nitrogens with zero attached hydrogens (tertiary/aromatic N) is 3. The highest BCUT2D eigenvalue weighted by Gasteiger charge is 2.19. The topological polar surface area (TPSA) is 65.4 Å². The Balaban J connectivity index is 1.86. The molecule has 0 unspecified atom stereocenters. The summed E-state index contributed by atoms with van der Waals surface area (Å²) in [6, 6.07) is 0. The lowest BCUT2D eigenvalue weighted by Crippen LogP contribution is -2.21. The Morgan fingerprint density at radius 2 is 2.35 bits per heavy atom. The molecule has 0 saturated heterocycles. The molecule has 1 heterocycles. The Hall–Kier alpha value is -1.23. The van der Waals surface area contributed by atoms with Gasteiger partial charge in [0.1, 0.15) is 11.0 Å². The Bertz CT molecular complexity index is 410. The van der Waals surface area contributed by atoms with Gasteiger partial charge in [-0.1, -0.05) is 29.6 Å². The van der Waals surface area contributed by atoms with Gasteiger partial charge in [-0.3, -0.25) is 0 Å². The largest absolute Gasteiger partial charge is 0.386 e. The molecule has 0 bridgehead atoms. The van der Waals surface area contributed by atoms with Crippen LogP contribution in [-0.4, -0.2) is 15.4 Å². The van der Waals surface area contributed by atoms with Crippen LogP contribution in [0.4, 0.5) is 0 Å². The number of amidine groups is 1. The van der Waals surface area contributed by atoms with Crippen LogP contribution >= 0.6 is 11.6 Å². The zero-order chi connectivity index (χ0) is 12.3. The van der Waals surface area contributed by atoms with E-state index in [4.69, 9.17) is 22.2 Å². The first-order chi connectivity index (χ1) is 8.18. The van der Waals surface area contributed by atoms with Gasteiger partial charge in [0, 0.05) is 13.0 Å². The van der Waals surface area contributed by atoms with Crippen molar-refractivity contribution in [3.63, 3.8) is 0 Å². The van der Waals surface area contributed by atoms with Crippen molar-refractivity contribution in [2.45, 2.75) is 32.3 Å². The lowest BCUT2D eigenvalue weighted by atomic mass is 10.1. The number of hydrogen-bond donors (Lipinski definition) is 1. The van der Waals surface area contributed by atoms with Gasteiger partial charge in [-0.05, 0) is 12.8 Å². The molecule has 0 spiro atoms. The third-order valence-corrected chi connectivity index (χ3v) is 3.52. The van der Waals surface area contributed by atoms with Crippen LogP contribution in [0.5, 0.6) is 0 Å². The zero-order valence-electron chi connectivity index (χ0n) is 9.90. The molecule has 2 N–H and O–H groups in total. The summed E-state index contributed by atoms with van der Waals surface area (Å²) in [6.07, 6.45) is 6.29. The molecule has 1 aliphatic carbocycles. The lowest BCUT2D eigenvalue weighted by Gasteiger charge is -2.07. The van der Waals surface area contributed by atoms with Crippen LogP contribution < -0.4 is 5.73 Å². The van der Waals surface area contributed by atoms with E-state index in [1.54, 1.807) is 10.8 Å². The van der Waals surface area contributed by atoms with Crippen LogP contribution in [0.15, 0.2) is 11.4 Å². The molecular weight excluding hydrogens is 240 g/mol. The van der Waals surface area contributed by atoms with Crippen LogP contribution in [-0.2, 0) is 18.5 Å². The summed E-state index contributed by atoms with van der Waals surface area (Å²) in [6.45, 7) is 0.288. The van der Waals surface area contributed by atoms with Crippen LogP contribution in [0.25, 0.3) is 0 Å². The Morgan fingerprint density at radius 1 is 1.65 bits per heavy atom. The number of nitrogens with two attached hydrogens (primary N) is 1. The minimum absolute atomic E-state index is 0.288. The second-order valence-corrected chi connectivity index (χ2v) is 4.71. The number of imidazole rings is 1. The normalized spacial score (nSPS) is 17.6. The summed E-state index contributed by atoms with van der Waals surface area (Å²) in [5, 5.41) is 4.53. The van der Waals surface area contributed by atoms with Crippen molar-refractivity contribution in [2.75, 3.05) is 0 Å². The summed E-state index contributed by atoms with van der Waals surface area (Å²) in [5.74, 6) is 1.72. The minimum Gasteiger partial charge on any atom is -0.386 e. The van der Waals surface area contributed by atoms with Crippen molar-refractivity contribution in [3.05, 3.63) is 17.2 Å². The Morgan fingerprint density at radius 3 is 2.94 bits per heavy atom. The van der Waals surface area contributed by atoms with Crippen molar-refractivity contribution in [3.8, 4) is 0 Å². The molecule has 1 aromatic rings. The first-order valence-electron chi connectivity index (χ1n) is 5.80. The van der Waals surface area contributed by atoms with Crippen molar-refractivity contribution in [1.29, 1.82) is 0 Å². The molecule has 17 heavy (non-hydrogen) atoms. The smallest absolute Gasteiger partial charge is 0.174 e. The third-order valence-electron chi connectivity index (χ3n) is 3.16. The molecule has 1 aliphatic rings. The molecule has 94 valence electrons. The van der Waals surface area contributed by atoms with E-state index in [2.05, 4.69) is 10.1 Å². The van der Waals surface area contributed by atoms with E-state index in [1.807, 2.05) is 7.05 Å². The highest BCUT2D eigenvalue weighted by molar-refractivity contribution is 6.29. The average Bonchev–Trinajstić information content (AvgIpc) is 2.93. The summed E-state index contributed by atoms with van der Waals surface area (Å²) in [4.78, 5) is 9.31. The van der Waals surface area contributed by atoms with E-state index in [-0.39, 0.29) is 6.61 Å². The first-order valence-corrected chi connectivity index (χ1v) is 6.17. The van der Waals surface area contributed by atoms with Crippen LogP contribution in [0, 0.1) is 5.92 Å². The van der Waals surface area contributed by atoms with E-state index in [1.165, 1.54) is 12.8 Å². The summed E-state index contributed by atoms with van der Waals surface area (Å²) < 4.78 is 1.75. The maximum Gasteiger partial charge on any atom is 0.174 e. The van der Waals surface area contributed by atoms with Crippen molar-refractivity contribution < 1.29 is 4.84 Å². The predicted molar refractivity (Wildman–Crippen MR) is 66.6 cm³/mol. The van der Waals surface area contributed by atoms with Gasteiger partial charge >= 0.3 is 0 Å². The molecule has 0 atom stereocenters. The van der Waals surface area contributed by atoms with E-state index >= 15 is 0 Å². The lowest BCUT2D eigenvalue weighted by molar-refractivity contribution is 0.121. The van der Waals surface area contributed by atoms with Gasteiger partial charge < -0.3 is 15.1 Å². The molecule has 0 aromatic carbocycles. The zero-order valence-corrected chi connectivity index (χ0v) is 10.7. The number of oxime groups is 1. The number of aromatic nitrogens is 2. The van der Waals surface area contributed by atoms with E-state index < -0.39 is 0 Å². The molecular formula is C11H17ClN4O. The molecule has 0 aliphatic heterocycles. The third kappa shape index (κ3) is 2.91. The fraction of sp³-hybridized carbons (Fsp3) is 0.636. The number of hydrogen-bond acceptors (Lipinski definition) is 3. The summed E-state index contributed by atoms with van der Waals surface area (Å²) in [5.41, 5.74) is 5.86. The first kappa shape index (κ1) is 12.2. The fourth-order valence-corrected chi connectivity index (χ4v) is 2.17. The van der Waals surface area contributed by atoms with Gasteiger partial charge in [0.2, 0.25) is 0 Å². The SMILES string of the molecule is Cn1c(Cl)cnc1CO/N=C(\N)C1CCCC1. The van der Waals surface area contributed by atoms with Gasteiger partial charge in [0.05, 0.1) is 6.20 Å². The summed E-state index contributed by atoms with van der Waals surface area (Å²) in [7, 11) is 1.83. The fourth-order valence-electron chi connectivity index (χ4n) is 2.02. The van der Waals surface area contributed by atoms with Gasteiger partial charge in [-0.2, -0.15) is 0 Å². The molecule has 0 amide bonds. The molecule has 0 radical (unpaired) electrons. The quantitative estimate of drug-likeness (QED) is 0.509. The highest BCUT2D eigenvalue weighted by Crippen LogP contribution is 2.24. The highest BCUT2D eigenvalue weighted by atomic mass is 35.5. The Kier molecular flexibility index (Phi) is 3.89. The van der Waals surface area contributed by atoms with Crippen LogP contribution in [0.2, 0.25) is 5.15 Å². The van der Waals surface area contributed by atoms with E-state index in [0.29, 0.717) is 16.9 Å². The molecule has 1 aromatic heterocycles. The molecule has 2 rings (SSSR count). The summed E-state index contributed by atoms with van der Waals surface area (Å²) >= 11 is 5.86. The van der Waals surface area contributed by atoms with Gasteiger partial charge in [-0.25, -0.2) is 4.98 Å². The van der Waals surface area contributed by atoms with Gasteiger partial charge in [0.15, 0.2) is 12.4 Å². The van der Waals surface area contributed by atoms with Crippen molar-refractivity contribution in [1.82, 2.24) is 9.55 Å². The predicted octanol–water partition coefficient (Wildman–Crippen LogP) is 2.05. The second kappa shape index (κ2) is 5.40. The number of halogens is 1. The van der Waals surface area contributed by atoms with Crippen molar-refractivity contribution >= 4 is 17.4 Å².